The first-order valence-corrected chi connectivity index (χ1v) is 8.98. The Morgan fingerprint density at radius 1 is 1.29 bits per heavy atom. The van der Waals surface area contributed by atoms with Gasteiger partial charge < -0.3 is 10.1 Å². The molecule has 1 heterocycles. The van der Waals surface area contributed by atoms with E-state index in [1.807, 2.05) is 20.8 Å². The van der Waals surface area contributed by atoms with Gasteiger partial charge >= 0.3 is 6.09 Å². The number of hydrogen-bond acceptors (Lipinski definition) is 3. The average molecular weight is 332 g/mol. The Balaban J connectivity index is 1.81. The Hall–Kier alpha value is -1.55. The summed E-state index contributed by atoms with van der Waals surface area (Å²) in [6.45, 7) is 13.8. The molecule has 1 aliphatic rings. The van der Waals surface area contributed by atoms with Crippen molar-refractivity contribution in [3.05, 3.63) is 34.9 Å². The zero-order valence-corrected chi connectivity index (χ0v) is 15.8. The van der Waals surface area contributed by atoms with Gasteiger partial charge in [0.25, 0.3) is 0 Å². The van der Waals surface area contributed by atoms with Gasteiger partial charge in [0.15, 0.2) is 0 Å². The highest BCUT2D eigenvalue weighted by Gasteiger charge is 2.22. The van der Waals surface area contributed by atoms with E-state index in [0.29, 0.717) is 12.5 Å². The van der Waals surface area contributed by atoms with E-state index in [1.165, 1.54) is 29.5 Å². The fourth-order valence-corrected chi connectivity index (χ4v) is 3.16. The third-order valence-electron chi connectivity index (χ3n) is 4.51. The van der Waals surface area contributed by atoms with Gasteiger partial charge in [0.2, 0.25) is 0 Å². The Labute approximate surface area is 146 Å². The molecule has 24 heavy (non-hydrogen) atoms. The highest BCUT2D eigenvalue weighted by atomic mass is 16.6. The Bertz CT molecular complexity index is 563. The monoisotopic (exact) mass is 332 g/mol. The minimum absolute atomic E-state index is 0.311. The molecule has 1 aliphatic heterocycles. The zero-order valence-electron chi connectivity index (χ0n) is 15.8. The number of carbonyl (C=O) groups excluding carboxylic acids is 1. The molecule has 2 rings (SSSR count). The van der Waals surface area contributed by atoms with E-state index < -0.39 is 5.60 Å². The number of carbonyl (C=O) groups is 1. The van der Waals surface area contributed by atoms with Crippen LogP contribution in [0.3, 0.4) is 0 Å². The van der Waals surface area contributed by atoms with Crippen LogP contribution in [0.25, 0.3) is 0 Å². The molecule has 1 aromatic carbocycles. The Kier molecular flexibility index (Phi) is 6.27. The van der Waals surface area contributed by atoms with Gasteiger partial charge in [-0.15, -0.1) is 0 Å². The number of nitrogens with one attached hydrogen (secondary N) is 1. The molecule has 0 radical (unpaired) electrons. The molecule has 1 amide bonds. The van der Waals surface area contributed by atoms with Crippen molar-refractivity contribution in [2.75, 3.05) is 19.6 Å². The predicted molar refractivity (Wildman–Crippen MR) is 98.2 cm³/mol. The van der Waals surface area contributed by atoms with Gasteiger partial charge in [-0.1, -0.05) is 18.2 Å². The van der Waals surface area contributed by atoms with Crippen LogP contribution < -0.4 is 5.32 Å². The quantitative estimate of drug-likeness (QED) is 0.905. The van der Waals surface area contributed by atoms with Crippen molar-refractivity contribution in [3.8, 4) is 0 Å². The first kappa shape index (κ1) is 18.8. The van der Waals surface area contributed by atoms with Crippen LogP contribution >= 0.6 is 0 Å². The zero-order chi connectivity index (χ0) is 17.7. The average Bonchev–Trinajstić information content (AvgIpc) is 2.48. The number of likely N-dealkylation sites (tertiary alicyclic amines) is 1. The first-order chi connectivity index (χ1) is 11.2. The molecule has 0 spiro atoms. The number of alkyl carbamates (subject to hydrolysis) is 1. The van der Waals surface area contributed by atoms with Crippen molar-refractivity contribution in [2.24, 2.45) is 5.92 Å². The molecule has 1 atom stereocenters. The van der Waals surface area contributed by atoms with Crippen LogP contribution in [0.5, 0.6) is 0 Å². The summed E-state index contributed by atoms with van der Waals surface area (Å²) < 4.78 is 5.31. The lowest BCUT2D eigenvalue weighted by Gasteiger charge is -2.33. The number of rotatable bonds is 4. The number of benzene rings is 1. The van der Waals surface area contributed by atoms with Gasteiger partial charge in [-0.05, 0) is 76.6 Å². The number of hydrogen-bond donors (Lipinski definition) is 1. The third kappa shape index (κ3) is 6.16. The molecule has 4 heteroatoms. The first-order valence-electron chi connectivity index (χ1n) is 8.98. The minimum atomic E-state index is -0.439. The molecule has 0 aliphatic carbocycles. The van der Waals surface area contributed by atoms with Crippen molar-refractivity contribution in [2.45, 2.75) is 59.6 Å². The van der Waals surface area contributed by atoms with Crippen molar-refractivity contribution in [1.29, 1.82) is 0 Å². The topological polar surface area (TPSA) is 41.6 Å². The molecule has 1 saturated heterocycles. The summed E-state index contributed by atoms with van der Waals surface area (Å²) in [6.07, 6.45) is 2.04. The van der Waals surface area contributed by atoms with Gasteiger partial charge in [-0.2, -0.15) is 0 Å². The van der Waals surface area contributed by atoms with Gasteiger partial charge in [-0.3, -0.25) is 4.90 Å². The van der Waals surface area contributed by atoms with Crippen LogP contribution in [-0.2, 0) is 11.3 Å². The smallest absolute Gasteiger partial charge is 0.407 e. The van der Waals surface area contributed by atoms with Crippen LogP contribution in [-0.4, -0.2) is 36.2 Å². The van der Waals surface area contributed by atoms with Crippen LogP contribution in [0.1, 0.15) is 50.3 Å². The van der Waals surface area contributed by atoms with E-state index in [4.69, 9.17) is 4.74 Å². The summed E-state index contributed by atoms with van der Waals surface area (Å²) in [7, 11) is 0. The Morgan fingerprint density at radius 2 is 2.04 bits per heavy atom. The van der Waals surface area contributed by atoms with E-state index in [2.05, 4.69) is 42.3 Å². The van der Waals surface area contributed by atoms with Crippen LogP contribution in [0.2, 0.25) is 0 Å². The maximum Gasteiger partial charge on any atom is 0.407 e. The van der Waals surface area contributed by atoms with E-state index in [0.717, 1.165) is 19.6 Å². The van der Waals surface area contributed by atoms with E-state index in [-0.39, 0.29) is 6.09 Å². The second-order valence-electron chi connectivity index (χ2n) is 8.04. The van der Waals surface area contributed by atoms with Crippen molar-refractivity contribution < 1.29 is 9.53 Å². The van der Waals surface area contributed by atoms with Crippen molar-refractivity contribution in [3.63, 3.8) is 0 Å². The predicted octanol–water partition coefficient (Wildman–Crippen LogP) is 4.04. The lowest BCUT2D eigenvalue weighted by atomic mass is 9.97. The van der Waals surface area contributed by atoms with E-state index in [1.54, 1.807) is 0 Å². The molecule has 1 fully saturated rings. The summed E-state index contributed by atoms with van der Waals surface area (Å²) in [6, 6.07) is 6.72. The highest BCUT2D eigenvalue weighted by Crippen LogP contribution is 2.19. The second-order valence-corrected chi connectivity index (χ2v) is 8.04. The largest absolute Gasteiger partial charge is 0.444 e. The fraction of sp³-hybridized carbons (Fsp3) is 0.650. The molecular weight excluding hydrogens is 300 g/mol. The molecule has 134 valence electrons. The molecule has 0 saturated carbocycles. The SMILES string of the molecule is Cc1ccc(CN2CCCC(CNC(=O)OC(C)(C)C)C2)cc1C. The summed E-state index contributed by atoms with van der Waals surface area (Å²) in [5.74, 6) is 0.498. The van der Waals surface area contributed by atoms with Crippen LogP contribution in [0, 0.1) is 19.8 Å². The molecule has 1 N–H and O–H groups in total. The number of ether oxygens (including phenoxy) is 1. The van der Waals surface area contributed by atoms with Crippen LogP contribution in [0.15, 0.2) is 18.2 Å². The summed E-state index contributed by atoms with van der Waals surface area (Å²) in [4.78, 5) is 14.3. The number of nitrogens with zero attached hydrogens (tertiary/aromatic N) is 1. The summed E-state index contributed by atoms with van der Waals surface area (Å²) in [5.41, 5.74) is 3.63. The number of piperidine rings is 1. The lowest BCUT2D eigenvalue weighted by Crippen LogP contribution is -2.41. The van der Waals surface area contributed by atoms with Crippen molar-refractivity contribution in [1.82, 2.24) is 10.2 Å². The lowest BCUT2D eigenvalue weighted by molar-refractivity contribution is 0.0506. The van der Waals surface area contributed by atoms with Gasteiger partial charge in [0.1, 0.15) is 5.60 Å². The van der Waals surface area contributed by atoms with Crippen molar-refractivity contribution >= 4 is 6.09 Å². The Morgan fingerprint density at radius 3 is 2.71 bits per heavy atom. The van der Waals surface area contributed by atoms with E-state index >= 15 is 0 Å². The van der Waals surface area contributed by atoms with Gasteiger partial charge in [-0.25, -0.2) is 4.79 Å². The molecule has 0 bridgehead atoms. The summed E-state index contributed by atoms with van der Waals surface area (Å²) in [5, 5.41) is 2.92. The molecule has 0 aromatic heterocycles. The van der Waals surface area contributed by atoms with E-state index in [9.17, 15) is 4.79 Å². The molecule has 1 unspecified atom stereocenters. The standard InChI is InChI=1S/C20H32N2O2/c1-15-8-9-17(11-16(15)2)13-22-10-6-7-18(14-22)12-21-19(23)24-20(3,4)5/h8-9,11,18H,6-7,10,12-14H2,1-5H3,(H,21,23). The normalized spacial score (nSPS) is 19.1. The highest BCUT2D eigenvalue weighted by molar-refractivity contribution is 5.67. The third-order valence-corrected chi connectivity index (χ3v) is 4.51. The molecule has 4 nitrogen and oxygen atoms in total. The minimum Gasteiger partial charge on any atom is -0.444 e. The van der Waals surface area contributed by atoms with Gasteiger partial charge in [0.05, 0.1) is 0 Å². The number of aryl methyl sites for hydroxylation is 2. The van der Waals surface area contributed by atoms with Gasteiger partial charge in [0, 0.05) is 19.6 Å². The second kappa shape index (κ2) is 8.02. The molecule has 1 aromatic rings. The summed E-state index contributed by atoms with van der Waals surface area (Å²) >= 11 is 0. The maximum atomic E-state index is 11.8. The molecular formula is C20H32N2O2. The van der Waals surface area contributed by atoms with Crippen LogP contribution in [0.4, 0.5) is 4.79 Å². The number of amides is 1. The maximum absolute atomic E-state index is 11.8. The fourth-order valence-electron chi connectivity index (χ4n) is 3.16.